The van der Waals surface area contributed by atoms with Gasteiger partial charge in [0.25, 0.3) is 0 Å². The molecule has 0 aliphatic carbocycles. The normalized spacial score (nSPS) is 7.17. The number of benzene rings is 1. The Labute approximate surface area is 73.2 Å². The Bertz CT molecular complexity index is 168. The Kier molecular flexibility index (Phi) is 11.5. The highest BCUT2D eigenvalue weighted by Crippen LogP contribution is 1.99. The zero-order valence-electron chi connectivity index (χ0n) is 8.07. The number of aryl methyl sites for hydroxylation is 1. The molecule has 1 aromatic rings. The Morgan fingerprint density at radius 1 is 1.08 bits per heavy atom. The second-order valence-corrected chi connectivity index (χ2v) is 1.80. The second kappa shape index (κ2) is 10.1. The highest BCUT2D eigenvalue weighted by Gasteiger charge is 1.84. The van der Waals surface area contributed by atoms with Gasteiger partial charge in [0, 0.05) is 0 Å². The molecule has 0 saturated heterocycles. The van der Waals surface area contributed by atoms with Gasteiger partial charge in [0.2, 0.25) is 0 Å². The van der Waals surface area contributed by atoms with Crippen LogP contribution in [0.5, 0.6) is 0 Å². The minimum Gasteiger partial charge on any atom is -0.255 e. The number of rotatable bonds is 0. The van der Waals surface area contributed by atoms with E-state index >= 15 is 0 Å². The first-order chi connectivity index (χ1) is 5.79. The average molecular weight is 174 g/mol. The molecule has 12 heavy (non-hydrogen) atoms. The molecule has 0 aliphatic heterocycles. The van der Waals surface area contributed by atoms with Gasteiger partial charge in [-0.15, -0.1) is 0 Å². The summed E-state index contributed by atoms with van der Waals surface area (Å²) >= 11 is 0. The molecule has 0 spiro atoms. The number of hydrogen-bond acceptors (Lipinski definition) is 0. The van der Waals surface area contributed by atoms with Crippen molar-refractivity contribution in [2.24, 2.45) is 0 Å². The monoisotopic (exact) mass is 174 g/mol. The summed E-state index contributed by atoms with van der Waals surface area (Å²) in [6.07, 6.45) is 0. The Hall–Kier alpha value is -0.920. The molecule has 0 amide bonds. The van der Waals surface area contributed by atoms with Gasteiger partial charge in [0.1, 0.15) is 5.82 Å². The zero-order chi connectivity index (χ0) is 9.98. The van der Waals surface area contributed by atoms with Gasteiger partial charge in [-0.3, -0.25) is 4.39 Å². The zero-order valence-corrected chi connectivity index (χ0v) is 8.07. The summed E-state index contributed by atoms with van der Waals surface area (Å²) in [7, 11) is 0.500. The molecule has 0 aliphatic rings. The molecule has 0 nitrogen and oxygen atoms in total. The highest BCUT2D eigenvalue weighted by molar-refractivity contribution is 5.13. The fraction of sp³-hybridized carbons (Fsp3) is 0.400. The largest absolute Gasteiger partial charge is 0.255 e. The van der Waals surface area contributed by atoms with Crippen molar-refractivity contribution < 1.29 is 8.78 Å². The smallest absolute Gasteiger partial charge is 0.123 e. The number of hydrogen-bond donors (Lipinski definition) is 0. The minimum absolute atomic E-state index is 0.162. The molecule has 0 atom stereocenters. The first-order valence-electron chi connectivity index (χ1n) is 3.89. The minimum atomic E-state index is -0.162. The molecular weight excluding hydrogens is 158 g/mol. The summed E-state index contributed by atoms with van der Waals surface area (Å²) in [4.78, 5) is 0. The fourth-order valence-corrected chi connectivity index (χ4v) is 0.606. The molecule has 70 valence electrons. The SMILES string of the molecule is CC.CF.Cc1cccc(F)c1. The van der Waals surface area contributed by atoms with Gasteiger partial charge in [-0.1, -0.05) is 26.0 Å². The Morgan fingerprint density at radius 3 is 1.83 bits per heavy atom. The summed E-state index contributed by atoms with van der Waals surface area (Å²) in [5.41, 5.74) is 0.963. The van der Waals surface area contributed by atoms with E-state index in [1.807, 2.05) is 26.8 Å². The van der Waals surface area contributed by atoms with Gasteiger partial charge in [-0.2, -0.15) is 0 Å². The molecule has 0 bridgehead atoms. The first-order valence-corrected chi connectivity index (χ1v) is 3.89. The molecule has 0 N–H and O–H groups in total. The topological polar surface area (TPSA) is 0 Å². The lowest BCUT2D eigenvalue weighted by Crippen LogP contribution is -1.72. The Balaban J connectivity index is 0. The van der Waals surface area contributed by atoms with Crippen LogP contribution in [0.2, 0.25) is 0 Å². The predicted octanol–water partition coefficient (Wildman–Crippen LogP) is 3.75. The van der Waals surface area contributed by atoms with E-state index in [1.165, 1.54) is 12.1 Å². The fourth-order valence-electron chi connectivity index (χ4n) is 0.606. The standard InChI is InChI=1S/C7H7F.C2H6.CH3F/c1-6-3-2-4-7(8)5-6;2*1-2/h2-5H,1H3;1-2H3;1H3. The van der Waals surface area contributed by atoms with Crippen LogP contribution in [-0.4, -0.2) is 7.18 Å². The van der Waals surface area contributed by atoms with Crippen molar-refractivity contribution in [3.8, 4) is 0 Å². The Morgan fingerprint density at radius 2 is 1.58 bits per heavy atom. The van der Waals surface area contributed by atoms with Crippen molar-refractivity contribution in [2.45, 2.75) is 20.8 Å². The van der Waals surface area contributed by atoms with Crippen LogP contribution in [0.1, 0.15) is 19.4 Å². The lowest BCUT2D eigenvalue weighted by Gasteiger charge is -1.87. The van der Waals surface area contributed by atoms with Crippen LogP contribution in [-0.2, 0) is 0 Å². The molecule has 0 radical (unpaired) electrons. The van der Waals surface area contributed by atoms with Gasteiger partial charge in [-0.25, -0.2) is 4.39 Å². The molecular formula is C10H16F2. The number of alkyl halides is 1. The van der Waals surface area contributed by atoms with Gasteiger partial charge in [0.05, 0.1) is 7.18 Å². The van der Waals surface area contributed by atoms with Crippen LogP contribution < -0.4 is 0 Å². The summed E-state index contributed by atoms with van der Waals surface area (Å²) in [6.45, 7) is 5.86. The highest BCUT2D eigenvalue weighted by atomic mass is 19.1. The summed E-state index contributed by atoms with van der Waals surface area (Å²) in [6, 6.07) is 6.50. The number of halogens is 2. The van der Waals surface area contributed by atoms with Crippen LogP contribution in [0, 0.1) is 12.7 Å². The predicted molar refractivity (Wildman–Crippen MR) is 49.5 cm³/mol. The molecule has 0 heterocycles. The van der Waals surface area contributed by atoms with E-state index < -0.39 is 0 Å². The van der Waals surface area contributed by atoms with E-state index in [0.717, 1.165) is 5.56 Å². The van der Waals surface area contributed by atoms with E-state index in [4.69, 9.17) is 0 Å². The van der Waals surface area contributed by atoms with E-state index in [9.17, 15) is 8.78 Å². The van der Waals surface area contributed by atoms with Gasteiger partial charge >= 0.3 is 0 Å². The van der Waals surface area contributed by atoms with Crippen LogP contribution in [0.4, 0.5) is 8.78 Å². The van der Waals surface area contributed by atoms with Gasteiger partial charge < -0.3 is 0 Å². The van der Waals surface area contributed by atoms with E-state index in [0.29, 0.717) is 7.18 Å². The van der Waals surface area contributed by atoms with Crippen LogP contribution in [0.3, 0.4) is 0 Å². The van der Waals surface area contributed by atoms with Crippen molar-refractivity contribution >= 4 is 0 Å². The van der Waals surface area contributed by atoms with Gasteiger partial charge in [0.15, 0.2) is 0 Å². The maximum absolute atomic E-state index is 12.2. The third-order valence-electron chi connectivity index (χ3n) is 0.980. The summed E-state index contributed by atoms with van der Waals surface area (Å²) in [5, 5.41) is 0. The lowest BCUT2D eigenvalue weighted by atomic mass is 10.2. The average Bonchev–Trinajstić information content (AvgIpc) is 2.11. The van der Waals surface area contributed by atoms with Crippen LogP contribution in [0.15, 0.2) is 24.3 Å². The van der Waals surface area contributed by atoms with Crippen LogP contribution in [0.25, 0.3) is 0 Å². The van der Waals surface area contributed by atoms with E-state index in [1.54, 1.807) is 6.07 Å². The van der Waals surface area contributed by atoms with Gasteiger partial charge in [-0.05, 0) is 24.6 Å². The molecule has 0 saturated carbocycles. The molecule has 0 unspecified atom stereocenters. The van der Waals surface area contributed by atoms with Crippen molar-refractivity contribution in [3.05, 3.63) is 35.6 Å². The lowest BCUT2D eigenvalue weighted by molar-refractivity contribution is 0.626. The second-order valence-electron chi connectivity index (χ2n) is 1.80. The maximum atomic E-state index is 12.2. The van der Waals surface area contributed by atoms with Crippen molar-refractivity contribution in [3.63, 3.8) is 0 Å². The van der Waals surface area contributed by atoms with Crippen molar-refractivity contribution in [1.29, 1.82) is 0 Å². The van der Waals surface area contributed by atoms with E-state index in [2.05, 4.69) is 0 Å². The third-order valence-corrected chi connectivity index (χ3v) is 0.980. The molecule has 1 rings (SSSR count). The summed E-state index contributed by atoms with van der Waals surface area (Å²) < 4.78 is 21.7. The molecule has 1 aromatic carbocycles. The summed E-state index contributed by atoms with van der Waals surface area (Å²) in [5.74, 6) is -0.162. The van der Waals surface area contributed by atoms with Crippen molar-refractivity contribution in [2.75, 3.05) is 7.18 Å². The quantitative estimate of drug-likeness (QED) is 0.562. The van der Waals surface area contributed by atoms with Crippen molar-refractivity contribution in [1.82, 2.24) is 0 Å². The maximum Gasteiger partial charge on any atom is 0.123 e. The van der Waals surface area contributed by atoms with E-state index in [-0.39, 0.29) is 5.82 Å². The molecule has 2 heteroatoms. The molecule has 0 fully saturated rings. The molecule has 0 aromatic heterocycles. The third kappa shape index (κ3) is 7.19. The first kappa shape index (κ1) is 13.7. The van der Waals surface area contributed by atoms with Crippen LogP contribution >= 0.6 is 0 Å².